The van der Waals surface area contributed by atoms with E-state index in [1.807, 2.05) is 42.3 Å². The molecule has 1 amide bonds. The first kappa shape index (κ1) is 24.6. The molecule has 0 aromatic heterocycles. The minimum absolute atomic E-state index is 0.0391. The first-order chi connectivity index (χ1) is 15.3. The highest BCUT2D eigenvalue weighted by Gasteiger charge is 2.33. The molecule has 0 bridgehead atoms. The van der Waals surface area contributed by atoms with Crippen LogP contribution in [-0.4, -0.2) is 62.1 Å². The van der Waals surface area contributed by atoms with Gasteiger partial charge in [0.15, 0.2) is 0 Å². The number of rotatable bonds is 9. The van der Waals surface area contributed by atoms with Gasteiger partial charge in [-0.3, -0.25) is 4.79 Å². The van der Waals surface area contributed by atoms with Crippen molar-refractivity contribution in [1.29, 1.82) is 0 Å². The minimum atomic E-state index is -0.351. The Balaban J connectivity index is 1.38. The highest BCUT2D eigenvalue weighted by atomic mass is 32.2. The van der Waals surface area contributed by atoms with Crippen molar-refractivity contribution in [1.82, 2.24) is 9.21 Å². The molecule has 2 N–H and O–H groups in total. The van der Waals surface area contributed by atoms with Crippen LogP contribution in [0.2, 0.25) is 0 Å². The summed E-state index contributed by atoms with van der Waals surface area (Å²) in [5, 5.41) is 0. The first-order valence-electron chi connectivity index (χ1n) is 11.1. The van der Waals surface area contributed by atoms with E-state index in [4.69, 9.17) is 15.2 Å². The number of aryl methyl sites for hydroxylation is 2. The van der Waals surface area contributed by atoms with Crippen LogP contribution in [0.3, 0.4) is 0 Å². The number of nitrogens with two attached hydrogens (primary N) is 1. The van der Waals surface area contributed by atoms with Crippen LogP contribution in [0, 0.1) is 13.8 Å². The Labute approximate surface area is 196 Å². The second-order valence-electron chi connectivity index (χ2n) is 8.49. The van der Waals surface area contributed by atoms with E-state index in [0.29, 0.717) is 19.7 Å². The zero-order valence-corrected chi connectivity index (χ0v) is 20.4. The molecule has 0 aliphatic carbocycles. The number of carbonyl (C=O) groups excluding carboxylic acids is 1. The minimum Gasteiger partial charge on any atom is -0.497 e. The molecule has 0 atom stereocenters. The van der Waals surface area contributed by atoms with Crippen LogP contribution >= 0.6 is 11.9 Å². The predicted molar refractivity (Wildman–Crippen MR) is 130 cm³/mol. The van der Waals surface area contributed by atoms with Crippen LogP contribution in [0.15, 0.2) is 47.4 Å². The van der Waals surface area contributed by atoms with Gasteiger partial charge < -0.3 is 20.1 Å². The van der Waals surface area contributed by atoms with Crippen LogP contribution in [-0.2, 0) is 15.1 Å². The number of amides is 1. The van der Waals surface area contributed by atoms with Gasteiger partial charge in [-0.2, -0.15) is 0 Å². The number of likely N-dealkylation sites (N-methyl/N-ethyl adjacent to an activating group) is 1. The summed E-state index contributed by atoms with van der Waals surface area (Å²) in [6, 6.07) is 14.3. The maximum atomic E-state index is 12.6. The molecule has 0 unspecified atom stereocenters. The van der Waals surface area contributed by atoms with Gasteiger partial charge in [-0.15, -0.1) is 0 Å². The van der Waals surface area contributed by atoms with Crippen molar-refractivity contribution in [3.8, 4) is 5.75 Å². The van der Waals surface area contributed by atoms with Crippen molar-refractivity contribution in [2.45, 2.75) is 37.1 Å². The molecule has 7 heteroatoms. The molecule has 1 heterocycles. The number of benzene rings is 2. The molecule has 2 aromatic carbocycles. The molecule has 1 aliphatic rings. The van der Waals surface area contributed by atoms with Crippen LogP contribution in [0.1, 0.15) is 29.5 Å². The summed E-state index contributed by atoms with van der Waals surface area (Å²) in [4.78, 5) is 15.7. The quantitative estimate of drug-likeness (QED) is 0.457. The van der Waals surface area contributed by atoms with E-state index in [1.54, 1.807) is 19.1 Å². The Morgan fingerprint density at radius 3 is 2.38 bits per heavy atom. The second kappa shape index (κ2) is 11.2. The van der Waals surface area contributed by atoms with Gasteiger partial charge in [0, 0.05) is 30.1 Å². The number of hydrogen-bond donors (Lipinski definition) is 1. The molecule has 0 spiro atoms. The molecule has 174 valence electrons. The normalized spacial score (nSPS) is 15.8. The lowest BCUT2D eigenvalue weighted by Gasteiger charge is -2.39. The van der Waals surface area contributed by atoms with Gasteiger partial charge in [-0.05, 0) is 74.5 Å². The van der Waals surface area contributed by atoms with Crippen molar-refractivity contribution >= 4 is 17.9 Å². The standard InChI is InChI=1S/C25H35N3O3S/c1-19-16-22(30-4)17-20(2)24(19)32-27(3)14-15-31-18-23(29)28-12-10-25(26,11-13-28)21-8-6-5-7-9-21/h5-9,16-17H,10-15,18,26H2,1-4H3. The van der Waals surface area contributed by atoms with Gasteiger partial charge in [0.1, 0.15) is 12.4 Å². The fourth-order valence-corrected chi connectivity index (χ4v) is 4.91. The second-order valence-corrected chi connectivity index (χ2v) is 9.70. The van der Waals surface area contributed by atoms with Crippen LogP contribution < -0.4 is 10.5 Å². The van der Waals surface area contributed by atoms with E-state index in [9.17, 15) is 4.79 Å². The van der Waals surface area contributed by atoms with E-state index in [0.717, 1.165) is 30.7 Å². The average molecular weight is 458 g/mol. The third-order valence-corrected chi connectivity index (χ3v) is 7.37. The zero-order valence-electron chi connectivity index (χ0n) is 19.6. The number of carbonyl (C=O) groups is 1. The van der Waals surface area contributed by atoms with Crippen molar-refractivity contribution < 1.29 is 14.3 Å². The summed E-state index contributed by atoms with van der Waals surface area (Å²) in [7, 11) is 3.72. The van der Waals surface area contributed by atoms with Gasteiger partial charge in [0.25, 0.3) is 0 Å². The molecule has 1 fully saturated rings. The SMILES string of the molecule is COc1cc(C)c(SN(C)CCOCC(=O)N2CCC(N)(c3ccccc3)CC2)c(C)c1. The highest BCUT2D eigenvalue weighted by Crippen LogP contribution is 2.32. The molecule has 2 aromatic rings. The lowest BCUT2D eigenvalue weighted by Crippen LogP contribution is -2.50. The fourth-order valence-electron chi connectivity index (χ4n) is 4.03. The fraction of sp³-hybridized carbons (Fsp3) is 0.480. The lowest BCUT2D eigenvalue weighted by molar-refractivity contribution is -0.137. The van der Waals surface area contributed by atoms with Gasteiger partial charge in [-0.25, -0.2) is 4.31 Å². The third kappa shape index (κ3) is 6.25. The lowest BCUT2D eigenvalue weighted by atomic mass is 9.82. The van der Waals surface area contributed by atoms with Gasteiger partial charge in [-0.1, -0.05) is 30.3 Å². The number of methoxy groups -OCH3 is 1. The number of nitrogens with zero attached hydrogens (tertiary/aromatic N) is 2. The van der Waals surface area contributed by atoms with Crippen molar-refractivity contribution in [2.75, 3.05) is 47.0 Å². The largest absolute Gasteiger partial charge is 0.497 e. The molecule has 3 rings (SSSR count). The molecule has 32 heavy (non-hydrogen) atoms. The van der Waals surface area contributed by atoms with Crippen molar-refractivity contribution in [2.24, 2.45) is 5.73 Å². The number of piperidine rings is 1. The summed E-state index contributed by atoms with van der Waals surface area (Å²) in [6.45, 7) is 6.85. The van der Waals surface area contributed by atoms with Gasteiger partial charge in [0.2, 0.25) is 5.91 Å². The summed E-state index contributed by atoms with van der Waals surface area (Å²) in [5.41, 5.74) is 9.78. The Hall–Kier alpha value is -2.06. The van der Waals surface area contributed by atoms with Crippen LogP contribution in [0.4, 0.5) is 0 Å². The summed E-state index contributed by atoms with van der Waals surface area (Å²) < 4.78 is 13.2. The maximum Gasteiger partial charge on any atom is 0.248 e. The Bertz CT molecular complexity index is 876. The zero-order chi connectivity index (χ0) is 23.1. The van der Waals surface area contributed by atoms with E-state index in [-0.39, 0.29) is 18.1 Å². The smallest absolute Gasteiger partial charge is 0.248 e. The van der Waals surface area contributed by atoms with Crippen LogP contribution in [0.5, 0.6) is 5.75 Å². The predicted octanol–water partition coefficient (Wildman–Crippen LogP) is 3.74. The molecule has 1 aliphatic heterocycles. The third-order valence-electron chi connectivity index (χ3n) is 6.05. The molecular weight excluding hydrogens is 422 g/mol. The van der Waals surface area contributed by atoms with Gasteiger partial charge >= 0.3 is 0 Å². The number of ether oxygens (including phenoxy) is 2. The Morgan fingerprint density at radius 2 is 1.78 bits per heavy atom. The molecule has 0 radical (unpaired) electrons. The molecular formula is C25H35N3O3S. The van der Waals surface area contributed by atoms with E-state index in [1.165, 1.54) is 16.0 Å². The highest BCUT2D eigenvalue weighted by molar-refractivity contribution is 7.97. The van der Waals surface area contributed by atoms with Crippen LogP contribution in [0.25, 0.3) is 0 Å². The summed E-state index contributed by atoms with van der Waals surface area (Å²) >= 11 is 1.69. The van der Waals surface area contributed by atoms with Crippen molar-refractivity contribution in [3.63, 3.8) is 0 Å². The summed E-state index contributed by atoms with van der Waals surface area (Å²) in [5.74, 6) is 0.916. The summed E-state index contributed by atoms with van der Waals surface area (Å²) in [6.07, 6.45) is 1.53. The first-order valence-corrected chi connectivity index (χ1v) is 11.8. The molecule has 6 nitrogen and oxygen atoms in total. The average Bonchev–Trinajstić information content (AvgIpc) is 2.80. The Morgan fingerprint density at radius 1 is 1.16 bits per heavy atom. The molecule has 0 saturated carbocycles. The number of hydrogen-bond acceptors (Lipinski definition) is 6. The van der Waals surface area contributed by atoms with Crippen molar-refractivity contribution in [3.05, 3.63) is 59.2 Å². The van der Waals surface area contributed by atoms with E-state index in [2.05, 4.69) is 30.3 Å². The van der Waals surface area contributed by atoms with E-state index >= 15 is 0 Å². The van der Waals surface area contributed by atoms with Gasteiger partial charge in [0.05, 0.1) is 13.7 Å². The number of likely N-dealkylation sites (tertiary alicyclic amines) is 1. The monoisotopic (exact) mass is 457 g/mol. The maximum absolute atomic E-state index is 12.6. The topological polar surface area (TPSA) is 68.0 Å². The molecule has 1 saturated heterocycles. The van der Waals surface area contributed by atoms with E-state index < -0.39 is 0 Å². The Kier molecular flexibility index (Phi) is 8.59.